The molecule has 0 bridgehead atoms. The highest BCUT2D eigenvalue weighted by molar-refractivity contribution is 5.95. The molecule has 118 valence electrons. The van der Waals surface area contributed by atoms with Gasteiger partial charge in [-0.05, 0) is 18.6 Å². The lowest BCUT2D eigenvalue weighted by atomic mass is 10.1. The predicted octanol–water partition coefficient (Wildman–Crippen LogP) is 1.87. The van der Waals surface area contributed by atoms with E-state index in [9.17, 15) is 4.79 Å². The SMILES string of the molecule is Cc1nccn1Cc1ccccc1C(=O)NCCn1ccnc1. The molecule has 3 aromatic rings. The molecule has 0 saturated heterocycles. The smallest absolute Gasteiger partial charge is 0.251 e. The monoisotopic (exact) mass is 309 g/mol. The summed E-state index contributed by atoms with van der Waals surface area (Å²) in [6.45, 7) is 3.85. The number of aryl methyl sites for hydroxylation is 1. The summed E-state index contributed by atoms with van der Waals surface area (Å²) in [6, 6.07) is 7.66. The first-order valence-corrected chi connectivity index (χ1v) is 7.53. The molecule has 2 aromatic heterocycles. The van der Waals surface area contributed by atoms with Crippen LogP contribution in [0.5, 0.6) is 0 Å². The molecule has 6 nitrogen and oxygen atoms in total. The van der Waals surface area contributed by atoms with E-state index in [1.54, 1.807) is 18.7 Å². The van der Waals surface area contributed by atoms with Gasteiger partial charge in [-0.15, -0.1) is 0 Å². The molecule has 0 spiro atoms. The Kier molecular flexibility index (Phi) is 4.52. The number of hydrogen-bond donors (Lipinski definition) is 1. The first-order valence-electron chi connectivity index (χ1n) is 7.53. The molecule has 6 heteroatoms. The number of nitrogens with one attached hydrogen (secondary N) is 1. The van der Waals surface area contributed by atoms with Gasteiger partial charge < -0.3 is 14.5 Å². The van der Waals surface area contributed by atoms with Crippen LogP contribution in [-0.4, -0.2) is 31.6 Å². The fourth-order valence-electron chi connectivity index (χ4n) is 2.45. The van der Waals surface area contributed by atoms with Crippen molar-refractivity contribution in [3.8, 4) is 0 Å². The second kappa shape index (κ2) is 6.91. The van der Waals surface area contributed by atoms with E-state index in [1.807, 2.05) is 52.7 Å². The van der Waals surface area contributed by atoms with Gasteiger partial charge >= 0.3 is 0 Å². The third-order valence-electron chi connectivity index (χ3n) is 3.74. The number of carbonyl (C=O) groups excluding carboxylic acids is 1. The predicted molar refractivity (Wildman–Crippen MR) is 87.1 cm³/mol. The van der Waals surface area contributed by atoms with Gasteiger partial charge in [0.1, 0.15) is 5.82 Å². The number of imidazole rings is 2. The molecule has 1 aromatic carbocycles. The lowest BCUT2D eigenvalue weighted by Crippen LogP contribution is -2.28. The zero-order valence-electron chi connectivity index (χ0n) is 13.0. The van der Waals surface area contributed by atoms with E-state index in [4.69, 9.17) is 0 Å². The molecule has 0 unspecified atom stereocenters. The molecule has 0 saturated carbocycles. The zero-order chi connectivity index (χ0) is 16.1. The van der Waals surface area contributed by atoms with Crippen molar-refractivity contribution in [2.45, 2.75) is 20.0 Å². The van der Waals surface area contributed by atoms with Crippen LogP contribution >= 0.6 is 0 Å². The maximum atomic E-state index is 12.4. The quantitative estimate of drug-likeness (QED) is 0.756. The molecule has 0 atom stereocenters. The highest BCUT2D eigenvalue weighted by atomic mass is 16.1. The van der Waals surface area contributed by atoms with Gasteiger partial charge in [-0.25, -0.2) is 9.97 Å². The van der Waals surface area contributed by atoms with Crippen LogP contribution in [0.3, 0.4) is 0 Å². The third-order valence-corrected chi connectivity index (χ3v) is 3.74. The van der Waals surface area contributed by atoms with Gasteiger partial charge in [0.05, 0.1) is 6.33 Å². The van der Waals surface area contributed by atoms with Crippen molar-refractivity contribution >= 4 is 5.91 Å². The van der Waals surface area contributed by atoms with Crippen LogP contribution in [0.1, 0.15) is 21.7 Å². The van der Waals surface area contributed by atoms with Crippen LogP contribution in [0.2, 0.25) is 0 Å². The minimum absolute atomic E-state index is 0.0570. The van der Waals surface area contributed by atoms with Gasteiger partial charge in [-0.2, -0.15) is 0 Å². The van der Waals surface area contributed by atoms with Gasteiger partial charge in [-0.1, -0.05) is 18.2 Å². The van der Waals surface area contributed by atoms with E-state index in [-0.39, 0.29) is 5.91 Å². The molecular weight excluding hydrogens is 290 g/mol. The first-order chi connectivity index (χ1) is 11.2. The number of nitrogens with zero attached hydrogens (tertiary/aromatic N) is 4. The van der Waals surface area contributed by atoms with Crippen molar-refractivity contribution in [2.24, 2.45) is 0 Å². The average Bonchev–Trinajstić information content (AvgIpc) is 3.20. The van der Waals surface area contributed by atoms with Crippen LogP contribution in [0.25, 0.3) is 0 Å². The fourth-order valence-corrected chi connectivity index (χ4v) is 2.45. The van der Waals surface area contributed by atoms with Gasteiger partial charge in [0.2, 0.25) is 0 Å². The Morgan fingerprint density at radius 3 is 2.83 bits per heavy atom. The summed E-state index contributed by atoms with van der Waals surface area (Å²) in [7, 11) is 0. The minimum Gasteiger partial charge on any atom is -0.350 e. The van der Waals surface area contributed by atoms with Gasteiger partial charge in [-0.3, -0.25) is 4.79 Å². The van der Waals surface area contributed by atoms with Crippen LogP contribution in [0.15, 0.2) is 55.4 Å². The van der Waals surface area contributed by atoms with Crippen LogP contribution in [-0.2, 0) is 13.1 Å². The normalized spacial score (nSPS) is 10.7. The Morgan fingerprint density at radius 1 is 1.22 bits per heavy atom. The van der Waals surface area contributed by atoms with E-state index >= 15 is 0 Å². The van der Waals surface area contributed by atoms with E-state index in [0.29, 0.717) is 25.2 Å². The Balaban J connectivity index is 1.67. The van der Waals surface area contributed by atoms with Crippen molar-refractivity contribution in [3.63, 3.8) is 0 Å². The number of rotatable bonds is 6. The maximum Gasteiger partial charge on any atom is 0.251 e. The Morgan fingerprint density at radius 2 is 2.09 bits per heavy atom. The topological polar surface area (TPSA) is 64.7 Å². The summed E-state index contributed by atoms with van der Waals surface area (Å²) in [5, 5.41) is 2.96. The zero-order valence-corrected chi connectivity index (χ0v) is 13.0. The van der Waals surface area contributed by atoms with E-state index in [1.165, 1.54) is 0 Å². The second-order valence-electron chi connectivity index (χ2n) is 5.32. The molecule has 2 heterocycles. The summed E-state index contributed by atoms with van der Waals surface area (Å²) in [5.41, 5.74) is 1.68. The highest BCUT2D eigenvalue weighted by Crippen LogP contribution is 2.12. The summed E-state index contributed by atoms with van der Waals surface area (Å²) < 4.78 is 3.96. The number of hydrogen-bond acceptors (Lipinski definition) is 3. The standard InChI is InChI=1S/C17H19N5O/c1-14-19-8-11-22(14)12-15-4-2-3-5-16(15)17(23)20-7-10-21-9-6-18-13-21/h2-6,8-9,11,13H,7,10,12H2,1H3,(H,20,23). The van der Waals surface area contributed by atoms with Crippen molar-refractivity contribution in [2.75, 3.05) is 6.54 Å². The van der Waals surface area contributed by atoms with Crippen molar-refractivity contribution in [3.05, 3.63) is 72.3 Å². The third kappa shape index (κ3) is 3.66. The molecule has 0 aliphatic carbocycles. The number of aromatic nitrogens is 4. The van der Waals surface area contributed by atoms with Crippen LogP contribution in [0.4, 0.5) is 0 Å². The number of amides is 1. The molecule has 0 aliphatic rings. The average molecular weight is 309 g/mol. The molecule has 23 heavy (non-hydrogen) atoms. The van der Waals surface area contributed by atoms with Crippen molar-refractivity contribution < 1.29 is 4.79 Å². The minimum atomic E-state index is -0.0570. The molecule has 3 rings (SSSR count). The Hall–Kier alpha value is -2.89. The molecule has 1 N–H and O–H groups in total. The van der Waals surface area contributed by atoms with Crippen molar-refractivity contribution in [1.82, 2.24) is 24.4 Å². The molecule has 0 aliphatic heterocycles. The second-order valence-corrected chi connectivity index (χ2v) is 5.32. The fraction of sp³-hybridized carbons (Fsp3) is 0.235. The summed E-state index contributed by atoms with van der Waals surface area (Å²) in [5.74, 6) is 0.874. The van der Waals surface area contributed by atoms with Gasteiger partial charge in [0, 0.05) is 50.0 Å². The van der Waals surface area contributed by atoms with Crippen molar-refractivity contribution in [1.29, 1.82) is 0 Å². The molecular formula is C17H19N5O. The molecule has 0 fully saturated rings. The number of benzene rings is 1. The lowest BCUT2D eigenvalue weighted by Gasteiger charge is -2.12. The Bertz CT molecular complexity index is 776. The highest BCUT2D eigenvalue weighted by Gasteiger charge is 2.11. The Labute approximate surface area is 134 Å². The van der Waals surface area contributed by atoms with Crippen LogP contribution in [0, 0.1) is 6.92 Å². The summed E-state index contributed by atoms with van der Waals surface area (Å²) >= 11 is 0. The molecule has 1 amide bonds. The lowest BCUT2D eigenvalue weighted by molar-refractivity contribution is 0.0951. The largest absolute Gasteiger partial charge is 0.350 e. The first kappa shape index (κ1) is 15.0. The summed E-state index contributed by atoms with van der Waals surface area (Å²) in [6.07, 6.45) is 9.03. The molecule has 0 radical (unpaired) electrons. The van der Waals surface area contributed by atoms with Gasteiger partial charge in [0.15, 0.2) is 0 Å². The van der Waals surface area contributed by atoms with Crippen LogP contribution < -0.4 is 5.32 Å². The summed E-state index contributed by atoms with van der Waals surface area (Å²) in [4.78, 5) is 20.6. The van der Waals surface area contributed by atoms with E-state index in [2.05, 4.69) is 15.3 Å². The van der Waals surface area contributed by atoms with E-state index in [0.717, 1.165) is 11.4 Å². The van der Waals surface area contributed by atoms with E-state index < -0.39 is 0 Å². The number of carbonyl (C=O) groups is 1. The van der Waals surface area contributed by atoms with Gasteiger partial charge in [0.25, 0.3) is 5.91 Å². The maximum absolute atomic E-state index is 12.4.